The molecule has 2 aromatic rings. The van der Waals surface area contributed by atoms with Gasteiger partial charge in [-0.3, -0.25) is 9.52 Å². The number of amides is 1. The van der Waals surface area contributed by atoms with Gasteiger partial charge in [-0.15, -0.1) is 0 Å². The number of nitrogens with one attached hydrogen (secondary N) is 2. The van der Waals surface area contributed by atoms with Crippen LogP contribution in [0.5, 0.6) is 0 Å². The fourth-order valence-electron chi connectivity index (χ4n) is 3.01. The van der Waals surface area contributed by atoms with Crippen molar-refractivity contribution in [2.24, 2.45) is 5.92 Å². The van der Waals surface area contributed by atoms with Crippen molar-refractivity contribution in [1.82, 2.24) is 0 Å². The number of allylic oxidation sites excluding steroid dienone is 2. The normalized spacial score (nSPS) is 16.3. The second-order valence-electron chi connectivity index (χ2n) is 6.61. The molecule has 0 saturated carbocycles. The van der Waals surface area contributed by atoms with Crippen LogP contribution in [-0.2, 0) is 14.8 Å². The van der Waals surface area contributed by atoms with Crippen molar-refractivity contribution in [2.45, 2.75) is 31.1 Å². The zero-order chi connectivity index (χ0) is 19.4. The van der Waals surface area contributed by atoms with E-state index in [1.54, 1.807) is 19.1 Å². The van der Waals surface area contributed by atoms with Gasteiger partial charge in [-0.1, -0.05) is 18.2 Å². The lowest BCUT2D eigenvalue weighted by atomic mass is 10.1. The van der Waals surface area contributed by atoms with Gasteiger partial charge in [0.05, 0.1) is 4.90 Å². The summed E-state index contributed by atoms with van der Waals surface area (Å²) in [6.07, 6.45) is 6.43. The molecule has 1 aliphatic carbocycles. The molecule has 2 aromatic carbocycles. The first-order valence-electron chi connectivity index (χ1n) is 8.69. The van der Waals surface area contributed by atoms with Crippen LogP contribution in [0.2, 0.25) is 0 Å². The maximum atomic E-state index is 13.0. The summed E-state index contributed by atoms with van der Waals surface area (Å²) in [5.74, 6) is -0.361. The topological polar surface area (TPSA) is 75.3 Å². The van der Waals surface area contributed by atoms with Crippen LogP contribution in [0, 0.1) is 18.7 Å². The molecular formula is C20H21FN2O3S. The SMILES string of the molecule is Cc1ccc(NC(=O)C[C@H]2C=CCC2)cc1S(=O)(=O)Nc1ccc(F)cc1. The molecule has 0 aliphatic heterocycles. The van der Waals surface area contributed by atoms with Crippen molar-refractivity contribution in [1.29, 1.82) is 0 Å². The van der Waals surface area contributed by atoms with Crippen LogP contribution >= 0.6 is 0 Å². The first-order chi connectivity index (χ1) is 12.8. The average molecular weight is 388 g/mol. The molecule has 7 heteroatoms. The molecule has 1 atom stereocenters. The Labute approximate surface area is 158 Å². The number of hydrogen-bond acceptors (Lipinski definition) is 3. The molecule has 142 valence electrons. The first kappa shape index (κ1) is 19.1. The Kier molecular flexibility index (Phi) is 5.60. The summed E-state index contributed by atoms with van der Waals surface area (Å²) < 4.78 is 40.8. The second kappa shape index (κ2) is 7.92. The van der Waals surface area contributed by atoms with E-state index < -0.39 is 15.8 Å². The van der Waals surface area contributed by atoms with E-state index >= 15 is 0 Å². The molecule has 5 nitrogen and oxygen atoms in total. The minimum Gasteiger partial charge on any atom is -0.326 e. The third-order valence-electron chi connectivity index (χ3n) is 4.42. The van der Waals surface area contributed by atoms with Gasteiger partial charge in [-0.05, 0) is 67.6 Å². The van der Waals surface area contributed by atoms with E-state index in [9.17, 15) is 17.6 Å². The first-order valence-corrected chi connectivity index (χ1v) is 10.2. The molecule has 1 amide bonds. The maximum absolute atomic E-state index is 13.0. The van der Waals surface area contributed by atoms with E-state index in [2.05, 4.69) is 16.1 Å². The number of sulfonamides is 1. The quantitative estimate of drug-likeness (QED) is 0.727. The zero-order valence-corrected chi connectivity index (χ0v) is 15.7. The summed E-state index contributed by atoms with van der Waals surface area (Å²) in [5, 5.41) is 2.77. The molecule has 0 unspecified atom stereocenters. The third kappa shape index (κ3) is 4.95. The monoisotopic (exact) mass is 388 g/mol. The van der Waals surface area contributed by atoms with E-state index in [0.29, 0.717) is 17.7 Å². The number of carbonyl (C=O) groups excluding carboxylic acids is 1. The van der Waals surface area contributed by atoms with E-state index in [1.165, 1.54) is 30.3 Å². The molecule has 2 N–H and O–H groups in total. The van der Waals surface area contributed by atoms with Gasteiger partial charge in [0.1, 0.15) is 5.82 Å². The predicted molar refractivity (Wildman–Crippen MR) is 103 cm³/mol. The zero-order valence-electron chi connectivity index (χ0n) is 14.9. The van der Waals surface area contributed by atoms with Crippen LogP contribution < -0.4 is 10.0 Å². The van der Waals surface area contributed by atoms with Crippen molar-refractivity contribution < 1.29 is 17.6 Å². The highest BCUT2D eigenvalue weighted by Gasteiger charge is 2.19. The van der Waals surface area contributed by atoms with Crippen LogP contribution in [0.25, 0.3) is 0 Å². The highest BCUT2D eigenvalue weighted by Crippen LogP contribution is 2.25. The van der Waals surface area contributed by atoms with Crippen LogP contribution in [0.1, 0.15) is 24.8 Å². The Bertz CT molecular complexity index is 969. The number of hydrogen-bond donors (Lipinski definition) is 2. The summed E-state index contributed by atoms with van der Waals surface area (Å²) >= 11 is 0. The van der Waals surface area contributed by atoms with Crippen molar-refractivity contribution >= 4 is 27.3 Å². The number of halogens is 1. The van der Waals surface area contributed by atoms with Gasteiger partial charge in [-0.25, -0.2) is 12.8 Å². The molecule has 0 heterocycles. The number of carbonyl (C=O) groups is 1. The highest BCUT2D eigenvalue weighted by molar-refractivity contribution is 7.92. The molecule has 3 rings (SSSR count). The lowest BCUT2D eigenvalue weighted by molar-refractivity contribution is -0.116. The molecule has 1 aliphatic rings. The molecule has 0 spiro atoms. The summed E-state index contributed by atoms with van der Waals surface area (Å²) in [5.41, 5.74) is 1.23. The Morgan fingerprint density at radius 3 is 2.52 bits per heavy atom. The fraction of sp³-hybridized carbons (Fsp3) is 0.250. The van der Waals surface area contributed by atoms with Crippen LogP contribution in [0.3, 0.4) is 0 Å². The van der Waals surface area contributed by atoms with Gasteiger partial charge < -0.3 is 5.32 Å². The Morgan fingerprint density at radius 2 is 1.85 bits per heavy atom. The summed E-state index contributed by atoms with van der Waals surface area (Å²) in [6.45, 7) is 1.67. The van der Waals surface area contributed by atoms with Gasteiger partial charge in [0, 0.05) is 17.8 Å². The minimum atomic E-state index is -3.87. The molecule has 0 fully saturated rings. The summed E-state index contributed by atoms with van der Waals surface area (Å²) in [6, 6.07) is 9.81. The molecule has 0 saturated heterocycles. The average Bonchev–Trinajstić information content (AvgIpc) is 3.11. The van der Waals surface area contributed by atoms with Crippen molar-refractivity contribution in [3.8, 4) is 0 Å². The number of aryl methyl sites for hydroxylation is 1. The smallest absolute Gasteiger partial charge is 0.262 e. The highest BCUT2D eigenvalue weighted by atomic mass is 32.2. The largest absolute Gasteiger partial charge is 0.326 e. The van der Waals surface area contributed by atoms with Crippen LogP contribution in [0.4, 0.5) is 15.8 Å². The maximum Gasteiger partial charge on any atom is 0.262 e. The van der Waals surface area contributed by atoms with Crippen molar-refractivity contribution in [3.05, 3.63) is 66.0 Å². The molecule has 0 bridgehead atoms. The standard InChI is InChI=1S/C20H21FN2O3S/c1-14-6-9-18(22-20(24)12-15-4-2-3-5-15)13-19(14)27(25,26)23-17-10-7-16(21)8-11-17/h2,4,6-11,13,15,23H,3,5,12H2,1H3,(H,22,24)/t15-/m0/s1. The molecular weight excluding hydrogens is 367 g/mol. The van der Waals surface area contributed by atoms with Gasteiger partial charge in [0.2, 0.25) is 5.91 Å². The second-order valence-corrected chi connectivity index (χ2v) is 8.26. The lowest BCUT2D eigenvalue weighted by Crippen LogP contribution is -2.17. The molecule has 0 radical (unpaired) electrons. The number of benzene rings is 2. The lowest BCUT2D eigenvalue weighted by Gasteiger charge is -2.13. The van der Waals surface area contributed by atoms with E-state index in [0.717, 1.165) is 12.8 Å². The van der Waals surface area contributed by atoms with Gasteiger partial charge in [0.15, 0.2) is 0 Å². The van der Waals surface area contributed by atoms with Gasteiger partial charge >= 0.3 is 0 Å². The van der Waals surface area contributed by atoms with Crippen LogP contribution in [-0.4, -0.2) is 14.3 Å². The Hall–Kier alpha value is -2.67. The van der Waals surface area contributed by atoms with Crippen LogP contribution in [0.15, 0.2) is 59.5 Å². The summed E-state index contributed by atoms with van der Waals surface area (Å²) in [7, 11) is -3.87. The third-order valence-corrected chi connectivity index (χ3v) is 5.94. The Morgan fingerprint density at radius 1 is 1.15 bits per heavy atom. The van der Waals surface area contributed by atoms with E-state index in [-0.39, 0.29) is 22.4 Å². The number of anilines is 2. The van der Waals surface area contributed by atoms with Gasteiger partial charge in [0.25, 0.3) is 10.0 Å². The Balaban J connectivity index is 1.76. The van der Waals surface area contributed by atoms with Gasteiger partial charge in [-0.2, -0.15) is 0 Å². The minimum absolute atomic E-state index is 0.0605. The van der Waals surface area contributed by atoms with E-state index in [1.807, 2.05) is 6.08 Å². The predicted octanol–water partition coefficient (Wildman–Crippen LogP) is 4.23. The van der Waals surface area contributed by atoms with Crippen molar-refractivity contribution in [2.75, 3.05) is 10.0 Å². The van der Waals surface area contributed by atoms with E-state index in [4.69, 9.17) is 0 Å². The molecule has 0 aromatic heterocycles. The molecule has 27 heavy (non-hydrogen) atoms. The number of rotatable bonds is 6. The van der Waals surface area contributed by atoms with Crippen molar-refractivity contribution in [3.63, 3.8) is 0 Å². The fourth-order valence-corrected chi connectivity index (χ4v) is 4.34. The summed E-state index contributed by atoms with van der Waals surface area (Å²) in [4.78, 5) is 12.3.